The van der Waals surface area contributed by atoms with E-state index in [-0.39, 0.29) is 29.9 Å². The summed E-state index contributed by atoms with van der Waals surface area (Å²) in [5.41, 5.74) is 11.0. The number of hydroxylamine groups is 1. The number of primary amides is 1. The second-order valence-electron chi connectivity index (χ2n) is 7.84. The van der Waals surface area contributed by atoms with E-state index in [0.29, 0.717) is 42.1 Å². The molecule has 6 N–H and O–H groups in total. The zero-order chi connectivity index (χ0) is 24.9. The van der Waals surface area contributed by atoms with Gasteiger partial charge in [0.05, 0.1) is 23.8 Å². The van der Waals surface area contributed by atoms with Crippen LogP contribution in [0.4, 0.5) is 23.7 Å². The minimum Gasteiger partial charge on any atom is -0.507 e. The standard InChI is InChI=1S/C23H26F3N5O3/c24-23(25,26)18-5-1-2-6-19(18)31(34)11-3-4-15-14-16(7-8-20(15)32)21(27)29-17-9-12-30(13-10-17)22(28)33/h1-8,14,17,32,34H,9-13H2,(H2,27,29)(H2,28,33)/b4-3+. The number of nitrogens with two attached hydrogens (primary N) is 2. The van der Waals surface area contributed by atoms with Gasteiger partial charge in [-0.3, -0.25) is 15.3 Å². The van der Waals surface area contributed by atoms with E-state index in [1.165, 1.54) is 36.4 Å². The second kappa shape index (κ2) is 10.5. The summed E-state index contributed by atoms with van der Waals surface area (Å²) in [5, 5.41) is 20.8. The van der Waals surface area contributed by atoms with E-state index in [0.717, 1.165) is 6.07 Å². The first-order valence-electron chi connectivity index (χ1n) is 10.6. The molecule has 1 fully saturated rings. The summed E-state index contributed by atoms with van der Waals surface area (Å²) in [7, 11) is 0. The molecule has 1 aliphatic heterocycles. The molecule has 8 nitrogen and oxygen atoms in total. The molecule has 0 radical (unpaired) electrons. The van der Waals surface area contributed by atoms with Gasteiger partial charge in [-0.05, 0) is 43.2 Å². The van der Waals surface area contributed by atoms with E-state index in [2.05, 4.69) is 4.99 Å². The molecule has 0 aromatic heterocycles. The van der Waals surface area contributed by atoms with Crippen LogP contribution >= 0.6 is 0 Å². The number of carbonyl (C=O) groups excluding carboxylic acids is 1. The molecule has 2 aromatic rings. The molecule has 2 aromatic carbocycles. The summed E-state index contributed by atoms with van der Waals surface area (Å²) in [5.74, 6) is 0.192. The van der Waals surface area contributed by atoms with Crippen molar-refractivity contribution in [2.45, 2.75) is 25.1 Å². The van der Waals surface area contributed by atoms with E-state index >= 15 is 0 Å². The summed E-state index contributed by atoms with van der Waals surface area (Å²) in [6.45, 7) is 0.740. The summed E-state index contributed by atoms with van der Waals surface area (Å²) < 4.78 is 39.5. The Bertz CT molecular complexity index is 1080. The number of rotatable bonds is 6. The summed E-state index contributed by atoms with van der Waals surface area (Å²) in [4.78, 5) is 17.3. The van der Waals surface area contributed by atoms with Crippen LogP contribution in [0, 0.1) is 0 Å². The van der Waals surface area contributed by atoms with Crippen LogP contribution in [0.3, 0.4) is 0 Å². The van der Waals surface area contributed by atoms with Crippen molar-refractivity contribution in [2.24, 2.45) is 16.5 Å². The van der Waals surface area contributed by atoms with Crippen LogP contribution in [-0.4, -0.2) is 52.8 Å². The summed E-state index contributed by atoms with van der Waals surface area (Å²) >= 11 is 0. The Labute approximate surface area is 194 Å². The Morgan fingerprint density at radius 2 is 1.85 bits per heavy atom. The first-order chi connectivity index (χ1) is 16.1. The van der Waals surface area contributed by atoms with Gasteiger partial charge < -0.3 is 21.5 Å². The van der Waals surface area contributed by atoms with Crippen molar-refractivity contribution >= 4 is 23.6 Å². The van der Waals surface area contributed by atoms with Crippen LogP contribution in [0.25, 0.3) is 6.08 Å². The van der Waals surface area contributed by atoms with E-state index in [1.807, 2.05) is 0 Å². The lowest BCUT2D eigenvalue weighted by molar-refractivity contribution is -0.137. The molecule has 0 saturated carbocycles. The molecule has 1 heterocycles. The quantitative estimate of drug-likeness (QED) is 0.287. The molecule has 1 saturated heterocycles. The molecule has 0 unspecified atom stereocenters. The summed E-state index contributed by atoms with van der Waals surface area (Å²) in [6.07, 6.45) is -0.475. The number of phenolic OH excluding ortho intramolecular Hbond substituents is 1. The topological polar surface area (TPSA) is 128 Å². The van der Waals surface area contributed by atoms with E-state index < -0.39 is 17.8 Å². The van der Waals surface area contributed by atoms with Gasteiger partial charge in [-0.15, -0.1) is 0 Å². The Balaban J connectivity index is 1.69. The maximum atomic E-state index is 13.2. The average molecular weight is 477 g/mol. The molecule has 1 aliphatic rings. The van der Waals surface area contributed by atoms with Gasteiger partial charge in [0, 0.05) is 24.2 Å². The molecule has 0 bridgehead atoms. The predicted octanol–water partition coefficient (Wildman–Crippen LogP) is 3.57. The van der Waals surface area contributed by atoms with Crippen LogP contribution in [0.5, 0.6) is 5.75 Å². The number of phenols is 1. The van der Waals surface area contributed by atoms with Crippen LogP contribution in [0.15, 0.2) is 53.5 Å². The van der Waals surface area contributed by atoms with Gasteiger partial charge in [0.15, 0.2) is 0 Å². The fraction of sp³-hybridized carbons (Fsp3) is 0.304. The number of benzene rings is 2. The number of hydrogen-bond donors (Lipinski definition) is 4. The van der Waals surface area contributed by atoms with E-state index in [1.54, 1.807) is 17.0 Å². The Morgan fingerprint density at radius 1 is 1.18 bits per heavy atom. The first-order valence-corrected chi connectivity index (χ1v) is 10.6. The molecule has 182 valence electrons. The number of halogens is 3. The number of piperidine rings is 1. The monoisotopic (exact) mass is 477 g/mol. The highest BCUT2D eigenvalue weighted by molar-refractivity contribution is 5.98. The van der Waals surface area contributed by atoms with Gasteiger partial charge in [0.25, 0.3) is 0 Å². The number of para-hydroxylation sites is 1. The van der Waals surface area contributed by atoms with Crippen molar-refractivity contribution in [2.75, 3.05) is 24.7 Å². The van der Waals surface area contributed by atoms with E-state index in [4.69, 9.17) is 11.5 Å². The molecule has 0 atom stereocenters. The van der Waals surface area contributed by atoms with Gasteiger partial charge in [-0.1, -0.05) is 24.3 Å². The van der Waals surface area contributed by atoms with Gasteiger partial charge in [0.1, 0.15) is 11.6 Å². The molecule has 11 heteroatoms. The fourth-order valence-corrected chi connectivity index (χ4v) is 3.65. The number of carbonyl (C=O) groups is 1. The van der Waals surface area contributed by atoms with Crippen LogP contribution in [-0.2, 0) is 6.18 Å². The molecule has 3 rings (SSSR count). The van der Waals surface area contributed by atoms with E-state index in [9.17, 15) is 28.3 Å². The summed E-state index contributed by atoms with van der Waals surface area (Å²) in [6, 6.07) is 8.78. The SMILES string of the molecule is NC(=O)N1CCC(N=C(N)c2ccc(O)c(/C=C/CN(O)c3ccccc3C(F)(F)F)c2)CC1. The van der Waals surface area contributed by atoms with Crippen molar-refractivity contribution in [3.63, 3.8) is 0 Å². The normalized spacial score (nSPS) is 15.6. The molecular formula is C23H26F3N5O3. The van der Waals surface area contributed by atoms with Gasteiger partial charge in [-0.2, -0.15) is 13.2 Å². The fourth-order valence-electron chi connectivity index (χ4n) is 3.65. The van der Waals surface area contributed by atoms with Crippen molar-refractivity contribution in [1.82, 2.24) is 4.90 Å². The van der Waals surface area contributed by atoms with Crippen LogP contribution in [0.1, 0.15) is 29.5 Å². The maximum Gasteiger partial charge on any atom is 0.418 e. The number of amides is 2. The highest BCUT2D eigenvalue weighted by Gasteiger charge is 2.34. The molecular weight excluding hydrogens is 451 g/mol. The number of amidine groups is 1. The third-order valence-corrected chi connectivity index (χ3v) is 5.48. The number of aliphatic imine (C=N–C) groups is 1. The third-order valence-electron chi connectivity index (χ3n) is 5.48. The number of hydrogen-bond acceptors (Lipinski definition) is 5. The van der Waals surface area contributed by atoms with Crippen molar-refractivity contribution in [3.8, 4) is 5.75 Å². The average Bonchev–Trinajstić information content (AvgIpc) is 2.80. The largest absolute Gasteiger partial charge is 0.507 e. The highest BCUT2D eigenvalue weighted by atomic mass is 19.4. The number of aromatic hydroxyl groups is 1. The number of alkyl halides is 3. The minimum absolute atomic E-state index is 0.0669. The Morgan fingerprint density at radius 3 is 2.50 bits per heavy atom. The van der Waals surface area contributed by atoms with Crippen molar-refractivity contribution in [1.29, 1.82) is 0 Å². The smallest absolute Gasteiger partial charge is 0.418 e. The first kappa shape index (κ1) is 24.9. The lowest BCUT2D eigenvalue weighted by atomic mass is 10.0. The van der Waals surface area contributed by atoms with Crippen LogP contribution in [0.2, 0.25) is 0 Å². The molecule has 0 spiro atoms. The molecule has 2 amide bonds. The van der Waals surface area contributed by atoms with Gasteiger partial charge >= 0.3 is 12.2 Å². The number of anilines is 1. The van der Waals surface area contributed by atoms with Gasteiger partial charge in [0.2, 0.25) is 0 Å². The second-order valence-corrected chi connectivity index (χ2v) is 7.84. The zero-order valence-corrected chi connectivity index (χ0v) is 18.2. The van der Waals surface area contributed by atoms with Crippen molar-refractivity contribution in [3.05, 3.63) is 65.2 Å². The molecule has 0 aliphatic carbocycles. The number of urea groups is 1. The lowest BCUT2D eigenvalue weighted by Gasteiger charge is -2.28. The zero-order valence-electron chi connectivity index (χ0n) is 18.2. The lowest BCUT2D eigenvalue weighted by Crippen LogP contribution is -2.42. The predicted molar refractivity (Wildman–Crippen MR) is 123 cm³/mol. The number of likely N-dealkylation sites (tertiary alicyclic amines) is 1. The Hall–Kier alpha value is -3.73. The van der Waals surface area contributed by atoms with Crippen molar-refractivity contribution < 1.29 is 28.3 Å². The Kier molecular flexibility index (Phi) is 7.67. The molecule has 34 heavy (non-hydrogen) atoms. The number of nitrogens with zero attached hydrogens (tertiary/aromatic N) is 3. The minimum atomic E-state index is -4.61. The highest BCUT2D eigenvalue weighted by Crippen LogP contribution is 2.36. The third kappa shape index (κ3) is 6.19. The van der Waals surface area contributed by atoms with Crippen LogP contribution < -0.4 is 16.5 Å². The maximum absolute atomic E-state index is 13.2. The van der Waals surface area contributed by atoms with Gasteiger partial charge in [-0.25, -0.2) is 4.79 Å².